The van der Waals surface area contributed by atoms with Gasteiger partial charge in [0, 0.05) is 50.2 Å². The summed E-state index contributed by atoms with van der Waals surface area (Å²) in [5.41, 5.74) is 11.2. The van der Waals surface area contributed by atoms with Gasteiger partial charge in [0.25, 0.3) is 0 Å². The van der Waals surface area contributed by atoms with Crippen molar-refractivity contribution in [2.24, 2.45) is 11.7 Å². The molecule has 4 nitrogen and oxygen atoms in total. The van der Waals surface area contributed by atoms with Gasteiger partial charge >= 0.3 is 0 Å². The van der Waals surface area contributed by atoms with Gasteiger partial charge in [-0.05, 0) is 67.3 Å². The van der Waals surface area contributed by atoms with E-state index in [1.54, 1.807) is 6.92 Å². The molecule has 0 aromatic heterocycles. The SMILES string of the molecule is C=C(N)c1ccc(-c2ccc(N3CCN(C4CCC(CC)CC4)CC3)cc2)cc1.CCO. The number of nitrogens with zero attached hydrogens (tertiary/aromatic N) is 2. The van der Waals surface area contributed by atoms with Crippen molar-refractivity contribution in [1.82, 2.24) is 4.90 Å². The Labute approximate surface area is 194 Å². The van der Waals surface area contributed by atoms with Crippen LogP contribution in [0.5, 0.6) is 0 Å². The van der Waals surface area contributed by atoms with Gasteiger partial charge < -0.3 is 15.7 Å². The molecule has 4 rings (SSSR count). The van der Waals surface area contributed by atoms with E-state index in [0.29, 0.717) is 5.70 Å². The highest BCUT2D eigenvalue weighted by atomic mass is 16.2. The average Bonchev–Trinajstić information content (AvgIpc) is 2.85. The molecule has 1 aliphatic carbocycles. The molecule has 2 aliphatic rings. The third-order valence-corrected chi connectivity index (χ3v) is 7.05. The summed E-state index contributed by atoms with van der Waals surface area (Å²) in [6, 6.07) is 18.2. The number of benzene rings is 2. The minimum absolute atomic E-state index is 0.250. The van der Waals surface area contributed by atoms with Gasteiger partial charge in [-0.15, -0.1) is 0 Å². The van der Waals surface area contributed by atoms with E-state index in [-0.39, 0.29) is 6.61 Å². The molecule has 1 heterocycles. The molecule has 1 saturated heterocycles. The molecular weight excluding hydrogens is 394 g/mol. The molecule has 0 unspecified atom stereocenters. The smallest absolute Gasteiger partial charge is 0.0402 e. The lowest BCUT2D eigenvalue weighted by atomic mass is 9.84. The van der Waals surface area contributed by atoms with Crippen LogP contribution in [-0.4, -0.2) is 48.8 Å². The van der Waals surface area contributed by atoms with Crippen molar-refractivity contribution in [1.29, 1.82) is 0 Å². The highest BCUT2D eigenvalue weighted by Crippen LogP contribution is 2.31. The zero-order valence-corrected chi connectivity index (χ0v) is 20.0. The van der Waals surface area contributed by atoms with Gasteiger partial charge in [0.15, 0.2) is 0 Å². The molecule has 3 N–H and O–H groups in total. The van der Waals surface area contributed by atoms with Crippen LogP contribution in [0.4, 0.5) is 5.69 Å². The van der Waals surface area contributed by atoms with Crippen LogP contribution in [0, 0.1) is 5.92 Å². The summed E-state index contributed by atoms with van der Waals surface area (Å²) in [4.78, 5) is 5.29. The number of hydrogen-bond acceptors (Lipinski definition) is 4. The fourth-order valence-corrected chi connectivity index (χ4v) is 5.00. The van der Waals surface area contributed by atoms with E-state index in [2.05, 4.69) is 59.7 Å². The van der Waals surface area contributed by atoms with Crippen molar-refractivity contribution in [3.63, 3.8) is 0 Å². The topological polar surface area (TPSA) is 52.7 Å². The van der Waals surface area contributed by atoms with Gasteiger partial charge in [0.05, 0.1) is 0 Å². The first-order valence-electron chi connectivity index (χ1n) is 12.3. The van der Waals surface area contributed by atoms with Crippen molar-refractivity contribution < 1.29 is 5.11 Å². The Balaban J connectivity index is 0.000000913. The lowest BCUT2D eigenvalue weighted by Crippen LogP contribution is -2.51. The molecular formula is C28H41N3O. The molecule has 1 aliphatic heterocycles. The first kappa shape index (κ1) is 24.3. The fraction of sp³-hybridized carbons (Fsp3) is 0.500. The first-order chi connectivity index (χ1) is 15.5. The monoisotopic (exact) mass is 435 g/mol. The van der Waals surface area contributed by atoms with Crippen LogP contribution in [0.3, 0.4) is 0 Å². The van der Waals surface area contributed by atoms with E-state index >= 15 is 0 Å². The maximum absolute atomic E-state index is 7.57. The van der Waals surface area contributed by atoms with Crippen molar-refractivity contribution >= 4 is 11.4 Å². The predicted molar refractivity (Wildman–Crippen MR) is 138 cm³/mol. The van der Waals surface area contributed by atoms with E-state index < -0.39 is 0 Å². The van der Waals surface area contributed by atoms with Gasteiger partial charge in [0.1, 0.15) is 0 Å². The molecule has 1 saturated carbocycles. The number of rotatable bonds is 5. The van der Waals surface area contributed by atoms with Gasteiger partial charge in [-0.25, -0.2) is 0 Å². The zero-order chi connectivity index (χ0) is 22.9. The molecule has 32 heavy (non-hydrogen) atoms. The quantitative estimate of drug-likeness (QED) is 0.663. The molecule has 2 aromatic rings. The molecule has 0 atom stereocenters. The van der Waals surface area contributed by atoms with Crippen LogP contribution in [0.15, 0.2) is 55.1 Å². The molecule has 2 fully saturated rings. The minimum Gasteiger partial charge on any atom is -0.399 e. The van der Waals surface area contributed by atoms with Crippen molar-refractivity contribution in [3.05, 3.63) is 60.7 Å². The van der Waals surface area contributed by atoms with Crippen LogP contribution < -0.4 is 10.6 Å². The molecule has 0 bridgehead atoms. The minimum atomic E-state index is 0.250. The Morgan fingerprint density at radius 3 is 1.84 bits per heavy atom. The normalized spacial score (nSPS) is 21.5. The molecule has 0 spiro atoms. The van der Waals surface area contributed by atoms with E-state index in [4.69, 9.17) is 10.8 Å². The Morgan fingerprint density at radius 1 is 0.875 bits per heavy atom. The molecule has 4 heteroatoms. The van der Waals surface area contributed by atoms with Gasteiger partial charge in [-0.1, -0.05) is 56.3 Å². The standard InChI is InChI=1S/C26H35N3.C2H6O/c1-3-21-4-12-25(13-5-21)28-16-18-29(19-17-28)26-14-10-24(11-15-26)23-8-6-22(7-9-23)20(2)27;1-2-3/h6-11,14-15,21,25H,2-5,12-13,16-19,27H2,1H3;3H,2H2,1H3. The highest BCUT2D eigenvalue weighted by Gasteiger charge is 2.27. The summed E-state index contributed by atoms with van der Waals surface area (Å²) < 4.78 is 0. The third kappa shape index (κ3) is 6.36. The number of aliphatic hydroxyl groups excluding tert-OH is 1. The number of piperazine rings is 1. The van der Waals surface area contributed by atoms with E-state index in [9.17, 15) is 0 Å². The van der Waals surface area contributed by atoms with Gasteiger partial charge in [-0.3, -0.25) is 4.90 Å². The molecule has 174 valence electrons. The second-order valence-corrected chi connectivity index (χ2v) is 9.07. The maximum atomic E-state index is 7.57. The molecule has 0 radical (unpaired) electrons. The van der Waals surface area contributed by atoms with Gasteiger partial charge in [0.2, 0.25) is 0 Å². The number of anilines is 1. The lowest BCUT2D eigenvalue weighted by molar-refractivity contribution is 0.128. The van der Waals surface area contributed by atoms with Gasteiger partial charge in [-0.2, -0.15) is 0 Å². The van der Waals surface area contributed by atoms with E-state index in [1.165, 1.54) is 62.0 Å². The van der Waals surface area contributed by atoms with Crippen molar-refractivity contribution in [2.45, 2.75) is 52.0 Å². The van der Waals surface area contributed by atoms with E-state index in [1.807, 2.05) is 12.1 Å². The molecule has 0 amide bonds. The second-order valence-electron chi connectivity index (χ2n) is 9.07. The third-order valence-electron chi connectivity index (χ3n) is 7.05. The highest BCUT2D eigenvalue weighted by molar-refractivity contribution is 5.69. The average molecular weight is 436 g/mol. The lowest BCUT2D eigenvalue weighted by Gasteiger charge is -2.42. The van der Waals surface area contributed by atoms with Crippen LogP contribution >= 0.6 is 0 Å². The van der Waals surface area contributed by atoms with Crippen LogP contribution in [0.2, 0.25) is 0 Å². The summed E-state index contributed by atoms with van der Waals surface area (Å²) in [7, 11) is 0. The Kier molecular flexibility index (Phi) is 9.19. The fourth-order valence-electron chi connectivity index (χ4n) is 5.00. The number of nitrogens with two attached hydrogens (primary N) is 1. The summed E-state index contributed by atoms with van der Waals surface area (Å²) in [6.45, 7) is 12.8. The van der Waals surface area contributed by atoms with Crippen molar-refractivity contribution in [3.8, 4) is 11.1 Å². The second kappa shape index (κ2) is 12.1. The van der Waals surface area contributed by atoms with E-state index in [0.717, 1.165) is 30.6 Å². The number of hydrogen-bond donors (Lipinski definition) is 2. The summed E-state index contributed by atoms with van der Waals surface area (Å²) in [5, 5.41) is 7.57. The maximum Gasteiger partial charge on any atom is 0.0402 e. The largest absolute Gasteiger partial charge is 0.399 e. The summed E-state index contributed by atoms with van der Waals surface area (Å²) in [6.07, 6.45) is 7.04. The van der Waals surface area contributed by atoms with Crippen LogP contribution in [0.1, 0.15) is 51.5 Å². The zero-order valence-electron chi connectivity index (χ0n) is 20.0. The van der Waals surface area contributed by atoms with Crippen LogP contribution in [-0.2, 0) is 0 Å². The first-order valence-corrected chi connectivity index (χ1v) is 12.3. The predicted octanol–water partition coefficient (Wildman–Crippen LogP) is 5.37. The Morgan fingerprint density at radius 2 is 1.38 bits per heavy atom. The van der Waals surface area contributed by atoms with Crippen molar-refractivity contribution in [2.75, 3.05) is 37.7 Å². The Bertz CT molecular complexity index is 815. The summed E-state index contributed by atoms with van der Waals surface area (Å²) in [5.74, 6) is 0.983. The Hall–Kier alpha value is -2.30. The van der Waals surface area contributed by atoms with Crippen LogP contribution in [0.25, 0.3) is 16.8 Å². The molecule has 2 aromatic carbocycles. The summed E-state index contributed by atoms with van der Waals surface area (Å²) >= 11 is 0. The number of aliphatic hydroxyl groups is 1.